The van der Waals surface area contributed by atoms with Gasteiger partial charge in [0.2, 0.25) is 5.91 Å². The number of anilines is 1. The molecule has 1 fully saturated rings. The maximum atomic E-state index is 13.4. The van der Waals surface area contributed by atoms with E-state index < -0.39 is 5.41 Å². The molecule has 0 unspecified atom stereocenters. The minimum absolute atomic E-state index is 0.212. The van der Waals surface area contributed by atoms with Crippen molar-refractivity contribution in [3.05, 3.63) is 62.6 Å². The first-order chi connectivity index (χ1) is 13.7. The van der Waals surface area contributed by atoms with Crippen molar-refractivity contribution in [2.24, 2.45) is 0 Å². The first kappa shape index (κ1) is 21.9. The van der Waals surface area contributed by atoms with Gasteiger partial charge in [0, 0.05) is 43.0 Å². The first-order valence-corrected chi connectivity index (χ1v) is 10.2. The van der Waals surface area contributed by atoms with Crippen LogP contribution in [0.25, 0.3) is 0 Å². The molecule has 1 N–H and O–H groups in total. The predicted octanol–water partition coefficient (Wildman–Crippen LogP) is 5.04. The Morgan fingerprint density at radius 2 is 1.69 bits per heavy atom. The van der Waals surface area contributed by atoms with Gasteiger partial charge >= 0.3 is 0 Å². The van der Waals surface area contributed by atoms with Crippen LogP contribution < -0.4 is 5.32 Å². The highest BCUT2D eigenvalue weighted by atomic mass is 35.5. The minimum Gasteiger partial charge on any atom is -0.381 e. The van der Waals surface area contributed by atoms with E-state index in [0.717, 1.165) is 0 Å². The SMILES string of the molecule is CN(C)C(=O)c1cc(NC(=O)C2(c3ccc(Cl)cc3Cl)CCOCC2)ccc1Cl. The van der Waals surface area contributed by atoms with E-state index in [1.165, 1.54) is 4.90 Å². The molecule has 0 saturated carbocycles. The van der Waals surface area contributed by atoms with Crippen LogP contribution in [0.15, 0.2) is 36.4 Å². The quantitative estimate of drug-likeness (QED) is 0.703. The van der Waals surface area contributed by atoms with Crippen molar-refractivity contribution in [3.63, 3.8) is 0 Å². The number of amides is 2. The number of nitrogens with zero attached hydrogens (tertiary/aromatic N) is 1. The number of nitrogens with one attached hydrogen (secondary N) is 1. The summed E-state index contributed by atoms with van der Waals surface area (Å²) >= 11 is 18.7. The van der Waals surface area contributed by atoms with E-state index in [1.54, 1.807) is 50.5 Å². The fraction of sp³-hybridized carbons (Fsp3) is 0.333. The van der Waals surface area contributed by atoms with Crippen molar-refractivity contribution < 1.29 is 14.3 Å². The smallest absolute Gasteiger partial charge is 0.254 e. The molecule has 1 saturated heterocycles. The van der Waals surface area contributed by atoms with Gasteiger partial charge in [0.05, 0.1) is 16.0 Å². The molecule has 154 valence electrons. The lowest BCUT2D eigenvalue weighted by atomic mass is 9.73. The Bertz CT molecular complexity index is 941. The average molecular weight is 456 g/mol. The summed E-state index contributed by atoms with van der Waals surface area (Å²) in [6, 6.07) is 10.0. The van der Waals surface area contributed by atoms with Crippen molar-refractivity contribution in [1.29, 1.82) is 0 Å². The summed E-state index contributed by atoms with van der Waals surface area (Å²) in [7, 11) is 3.28. The zero-order valence-electron chi connectivity index (χ0n) is 16.1. The Balaban J connectivity index is 1.96. The molecule has 29 heavy (non-hydrogen) atoms. The van der Waals surface area contributed by atoms with Crippen LogP contribution in [-0.2, 0) is 14.9 Å². The van der Waals surface area contributed by atoms with E-state index in [2.05, 4.69) is 5.32 Å². The number of carbonyl (C=O) groups excluding carboxylic acids is 2. The highest BCUT2D eigenvalue weighted by Crippen LogP contribution is 2.40. The van der Waals surface area contributed by atoms with Gasteiger partial charge in [0.1, 0.15) is 0 Å². The lowest BCUT2D eigenvalue weighted by molar-refractivity contribution is -0.125. The van der Waals surface area contributed by atoms with Crippen LogP contribution in [0.4, 0.5) is 5.69 Å². The molecule has 1 aliphatic heterocycles. The molecular weight excluding hydrogens is 435 g/mol. The van der Waals surface area contributed by atoms with Crippen molar-refractivity contribution in [3.8, 4) is 0 Å². The van der Waals surface area contributed by atoms with E-state index in [1.807, 2.05) is 0 Å². The first-order valence-electron chi connectivity index (χ1n) is 9.10. The van der Waals surface area contributed by atoms with Gasteiger partial charge in [-0.1, -0.05) is 40.9 Å². The van der Waals surface area contributed by atoms with E-state index in [9.17, 15) is 9.59 Å². The van der Waals surface area contributed by atoms with Gasteiger partial charge in [-0.15, -0.1) is 0 Å². The fourth-order valence-corrected chi connectivity index (χ4v) is 4.26. The van der Waals surface area contributed by atoms with Gasteiger partial charge in [0.25, 0.3) is 5.91 Å². The molecular formula is C21H21Cl3N2O3. The molecule has 0 atom stereocenters. The number of carbonyl (C=O) groups is 2. The van der Waals surface area contributed by atoms with Crippen LogP contribution in [0.5, 0.6) is 0 Å². The lowest BCUT2D eigenvalue weighted by Crippen LogP contribution is -2.45. The zero-order valence-corrected chi connectivity index (χ0v) is 18.4. The van der Waals surface area contributed by atoms with Crippen LogP contribution in [-0.4, -0.2) is 44.0 Å². The maximum Gasteiger partial charge on any atom is 0.254 e. The zero-order chi connectivity index (χ0) is 21.2. The number of halogens is 3. The van der Waals surface area contributed by atoms with Crippen LogP contribution in [0.1, 0.15) is 28.8 Å². The molecule has 0 radical (unpaired) electrons. The van der Waals surface area contributed by atoms with Crippen molar-refractivity contribution in [1.82, 2.24) is 4.90 Å². The summed E-state index contributed by atoms with van der Waals surface area (Å²) in [5.41, 5.74) is 0.661. The number of benzene rings is 2. The molecule has 0 bridgehead atoms. The monoisotopic (exact) mass is 454 g/mol. The second-order valence-corrected chi connectivity index (χ2v) is 8.42. The fourth-order valence-electron chi connectivity index (χ4n) is 3.47. The Hall–Kier alpha value is -1.79. The predicted molar refractivity (Wildman–Crippen MR) is 116 cm³/mol. The third-order valence-electron chi connectivity index (χ3n) is 5.09. The van der Waals surface area contributed by atoms with Crippen LogP contribution in [0.2, 0.25) is 15.1 Å². The van der Waals surface area contributed by atoms with Crippen molar-refractivity contribution in [2.45, 2.75) is 18.3 Å². The van der Waals surface area contributed by atoms with Gasteiger partial charge in [0.15, 0.2) is 0 Å². The normalized spacial score (nSPS) is 15.6. The van der Waals surface area contributed by atoms with Gasteiger partial charge < -0.3 is 15.0 Å². The average Bonchev–Trinajstić information content (AvgIpc) is 2.69. The molecule has 1 heterocycles. The maximum absolute atomic E-state index is 13.4. The van der Waals surface area contributed by atoms with Crippen LogP contribution in [0, 0.1) is 0 Å². The second kappa shape index (κ2) is 8.92. The highest BCUT2D eigenvalue weighted by molar-refractivity contribution is 6.35. The van der Waals surface area contributed by atoms with E-state index in [4.69, 9.17) is 39.5 Å². The molecule has 5 nitrogen and oxygen atoms in total. The van der Waals surface area contributed by atoms with Gasteiger partial charge in [-0.3, -0.25) is 9.59 Å². The highest BCUT2D eigenvalue weighted by Gasteiger charge is 2.43. The summed E-state index contributed by atoms with van der Waals surface area (Å²) in [5, 5.41) is 4.21. The van der Waals surface area contributed by atoms with Crippen LogP contribution in [0.3, 0.4) is 0 Å². The minimum atomic E-state index is -0.856. The van der Waals surface area contributed by atoms with Crippen LogP contribution >= 0.6 is 34.8 Å². The largest absolute Gasteiger partial charge is 0.381 e. The number of hydrogen-bond acceptors (Lipinski definition) is 3. The summed E-state index contributed by atoms with van der Waals surface area (Å²) in [6.45, 7) is 0.884. The summed E-state index contributed by atoms with van der Waals surface area (Å²) < 4.78 is 5.49. The molecule has 2 amide bonds. The Morgan fingerprint density at radius 3 is 2.31 bits per heavy atom. The summed E-state index contributed by atoms with van der Waals surface area (Å²) in [5.74, 6) is -0.455. The molecule has 0 aliphatic carbocycles. The van der Waals surface area contributed by atoms with Gasteiger partial charge in [-0.25, -0.2) is 0 Å². The lowest BCUT2D eigenvalue weighted by Gasteiger charge is -2.37. The Kier molecular flexibility index (Phi) is 6.74. The van der Waals surface area contributed by atoms with Gasteiger partial charge in [-0.2, -0.15) is 0 Å². The van der Waals surface area contributed by atoms with E-state index in [-0.39, 0.29) is 11.8 Å². The summed E-state index contributed by atoms with van der Waals surface area (Å²) in [6.07, 6.45) is 0.967. The third kappa shape index (κ3) is 4.53. The summed E-state index contributed by atoms with van der Waals surface area (Å²) in [4.78, 5) is 27.2. The van der Waals surface area contributed by atoms with Crippen molar-refractivity contribution in [2.75, 3.05) is 32.6 Å². The molecule has 0 spiro atoms. The molecule has 0 aromatic heterocycles. The number of hydrogen-bond donors (Lipinski definition) is 1. The topological polar surface area (TPSA) is 58.6 Å². The standard InChI is InChI=1S/C21H21Cl3N2O3/c1-26(2)19(27)15-12-14(4-6-17(15)23)25-20(28)21(7-9-29-10-8-21)16-5-3-13(22)11-18(16)24/h3-6,11-12H,7-10H2,1-2H3,(H,25,28). The van der Waals surface area contributed by atoms with E-state index >= 15 is 0 Å². The number of ether oxygens (including phenoxy) is 1. The van der Waals surface area contributed by atoms with Crippen molar-refractivity contribution >= 4 is 52.3 Å². The molecule has 8 heteroatoms. The Labute approximate surface area is 184 Å². The molecule has 2 aromatic rings. The van der Waals surface area contributed by atoms with E-state index in [0.29, 0.717) is 57.9 Å². The molecule has 1 aliphatic rings. The Morgan fingerprint density at radius 1 is 1.00 bits per heavy atom. The van der Waals surface area contributed by atoms with Gasteiger partial charge in [-0.05, 0) is 48.7 Å². The molecule has 2 aromatic carbocycles. The third-order valence-corrected chi connectivity index (χ3v) is 5.97. The number of rotatable bonds is 4. The molecule has 3 rings (SSSR count). The second-order valence-electron chi connectivity index (χ2n) is 7.17.